The van der Waals surface area contributed by atoms with Crippen molar-refractivity contribution in [2.24, 2.45) is 5.92 Å². The van der Waals surface area contributed by atoms with Crippen LogP contribution in [0.3, 0.4) is 0 Å². The van der Waals surface area contributed by atoms with Crippen molar-refractivity contribution >= 4 is 28.8 Å². The number of aromatic nitrogens is 1. The molecule has 0 radical (unpaired) electrons. The molecule has 1 amide bonds. The summed E-state index contributed by atoms with van der Waals surface area (Å²) in [5.74, 6) is 1.66. The van der Waals surface area contributed by atoms with E-state index in [0.29, 0.717) is 41.6 Å². The fourth-order valence-corrected chi connectivity index (χ4v) is 4.08. The second-order valence-corrected chi connectivity index (χ2v) is 8.21. The molecule has 34 heavy (non-hydrogen) atoms. The number of amides is 1. The van der Waals surface area contributed by atoms with Gasteiger partial charge in [-0.1, -0.05) is 18.2 Å². The van der Waals surface area contributed by atoms with E-state index in [0.717, 1.165) is 24.3 Å². The van der Waals surface area contributed by atoms with E-state index in [1.54, 1.807) is 17.2 Å². The number of hydrogen-bond donors (Lipinski definition) is 3. The van der Waals surface area contributed by atoms with E-state index >= 15 is 0 Å². The number of rotatable bonds is 8. The van der Waals surface area contributed by atoms with Crippen molar-refractivity contribution in [2.75, 3.05) is 37.9 Å². The average molecular weight is 460 g/mol. The molecular weight excluding hydrogens is 430 g/mol. The first kappa shape index (κ1) is 23.3. The van der Waals surface area contributed by atoms with Gasteiger partial charge in [0.05, 0.1) is 5.69 Å². The summed E-state index contributed by atoms with van der Waals surface area (Å²) in [7, 11) is 1.51. The van der Waals surface area contributed by atoms with Gasteiger partial charge in [-0.05, 0) is 55.3 Å². The number of nitrogens with two attached hydrogens (primary N) is 1. The number of pyridine rings is 1. The molecule has 176 valence electrons. The number of nitrogens with zero attached hydrogens (tertiary/aromatic N) is 2. The number of carbonyl (C=O) groups excluding carboxylic acids is 1. The van der Waals surface area contributed by atoms with Crippen LogP contribution in [0, 0.1) is 11.3 Å². The minimum atomic E-state index is -0.0847. The largest absolute Gasteiger partial charge is 0.457 e. The van der Waals surface area contributed by atoms with E-state index in [1.807, 2.05) is 54.6 Å². The van der Waals surface area contributed by atoms with Gasteiger partial charge < -0.3 is 30.8 Å². The molecular formula is C26H29N5O3. The Morgan fingerprint density at radius 1 is 1.15 bits per heavy atom. The van der Waals surface area contributed by atoms with Crippen molar-refractivity contribution in [2.45, 2.75) is 12.8 Å². The number of para-hydroxylation sites is 1. The highest BCUT2D eigenvalue weighted by atomic mass is 16.5. The fourth-order valence-electron chi connectivity index (χ4n) is 4.08. The van der Waals surface area contributed by atoms with Crippen LogP contribution in [-0.2, 0) is 9.53 Å². The van der Waals surface area contributed by atoms with Gasteiger partial charge >= 0.3 is 0 Å². The Balaban J connectivity index is 1.49. The van der Waals surface area contributed by atoms with E-state index in [4.69, 9.17) is 20.6 Å². The monoisotopic (exact) mass is 459 g/mol. The van der Waals surface area contributed by atoms with Crippen molar-refractivity contribution in [1.82, 2.24) is 9.88 Å². The summed E-state index contributed by atoms with van der Waals surface area (Å²) in [6.07, 6.45) is 3.29. The summed E-state index contributed by atoms with van der Waals surface area (Å²) < 4.78 is 10.8. The number of likely N-dealkylation sites (tertiary alicyclic amines) is 1. The molecule has 1 aromatic heterocycles. The van der Waals surface area contributed by atoms with Crippen LogP contribution in [0.15, 0.2) is 66.9 Å². The maximum atomic E-state index is 12.3. The molecule has 1 aliphatic heterocycles. The van der Waals surface area contributed by atoms with E-state index in [2.05, 4.69) is 10.3 Å². The number of carbonyl (C=O) groups is 1. The SMILES string of the molecule is COCC(=O)N1CCC[C@@H](C(=N)c2ccnc(N)c2Nc2ccc(Oc3ccccc3)cc2)C1. The van der Waals surface area contributed by atoms with Crippen LogP contribution in [0.4, 0.5) is 17.2 Å². The molecule has 4 N–H and O–H groups in total. The van der Waals surface area contributed by atoms with Crippen molar-refractivity contribution in [3.8, 4) is 11.5 Å². The Hall–Kier alpha value is -3.91. The summed E-state index contributed by atoms with van der Waals surface area (Å²) in [5, 5.41) is 12.2. The highest BCUT2D eigenvalue weighted by Gasteiger charge is 2.28. The number of benzene rings is 2. The second kappa shape index (κ2) is 10.8. The summed E-state index contributed by atoms with van der Waals surface area (Å²) in [6.45, 7) is 1.24. The third-order valence-corrected chi connectivity index (χ3v) is 5.82. The van der Waals surface area contributed by atoms with Crippen LogP contribution in [0.5, 0.6) is 11.5 Å². The van der Waals surface area contributed by atoms with E-state index < -0.39 is 0 Å². The molecule has 1 fully saturated rings. The van der Waals surface area contributed by atoms with Gasteiger partial charge in [-0.2, -0.15) is 0 Å². The highest BCUT2D eigenvalue weighted by molar-refractivity contribution is 6.07. The zero-order valence-corrected chi connectivity index (χ0v) is 19.2. The van der Waals surface area contributed by atoms with Gasteiger partial charge in [-0.25, -0.2) is 4.98 Å². The van der Waals surface area contributed by atoms with Gasteiger partial charge in [0, 0.05) is 49.3 Å². The van der Waals surface area contributed by atoms with Crippen molar-refractivity contribution in [3.05, 3.63) is 72.4 Å². The topological polar surface area (TPSA) is 114 Å². The Labute approximate surface area is 199 Å². The quantitative estimate of drug-likeness (QED) is 0.429. The third-order valence-electron chi connectivity index (χ3n) is 5.82. The van der Waals surface area contributed by atoms with Crippen LogP contribution in [0.2, 0.25) is 0 Å². The van der Waals surface area contributed by atoms with Crippen molar-refractivity contribution < 1.29 is 14.3 Å². The third kappa shape index (κ3) is 5.52. The predicted octanol–water partition coefficient (Wildman–Crippen LogP) is 4.45. The molecule has 1 atom stereocenters. The minimum Gasteiger partial charge on any atom is -0.457 e. The van der Waals surface area contributed by atoms with Crippen molar-refractivity contribution in [3.63, 3.8) is 0 Å². The lowest BCUT2D eigenvalue weighted by Gasteiger charge is -2.33. The molecule has 4 rings (SSSR count). The number of nitrogen functional groups attached to an aromatic ring is 1. The van der Waals surface area contributed by atoms with Gasteiger partial charge in [0.2, 0.25) is 5.91 Å². The first-order valence-electron chi connectivity index (χ1n) is 11.2. The molecule has 1 saturated heterocycles. The highest BCUT2D eigenvalue weighted by Crippen LogP contribution is 2.31. The van der Waals surface area contributed by atoms with Crippen LogP contribution >= 0.6 is 0 Å². The normalized spacial score (nSPS) is 15.6. The molecule has 0 aliphatic carbocycles. The summed E-state index contributed by atoms with van der Waals surface area (Å²) in [6, 6.07) is 18.9. The summed E-state index contributed by atoms with van der Waals surface area (Å²) in [5.41, 5.74) is 8.72. The standard InChI is InChI=1S/C26H29N5O3/c1-33-17-23(32)31-15-5-6-18(16-31)24(27)22-13-14-29-26(28)25(22)30-19-9-11-21(12-10-19)34-20-7-3-2-4-8-20/h2-4,7-14,18,27,30H,5-6,15-17H2,1H3,(H2,28,29)/t18-/m1/s1. The Kier molecular flexibility index (Phi) is 7.39. The maximum absolute atomic E-state index is 12.3. The van der Waals surface area contributed by atoms with Crippen LogP contribution in [-0.4, -0.2) is 48.3 Å². The van der Waals surface area contributed by atoms with E-state index in [9.17, 15) is 4.79 Å². The number of hydrogen-bond acceptors (Lipinski definition) is 7. The summed E-state index contributed by atoms with van der Waals surface area (Å²) >= 11 is 0. The molecule has 0 spiro atoms. The number of ether oxygens (including phenoxy) is 2. The maximum Gasteiger partial charge on any atom is 0.248 e. The minimum absolute atomic E-state index is 0.0506. The van der Waals surface area contributed by atoms with Crippen LogP contribution in [0.25, 0.3) is 0 Å². The predicted molar refractivity (Wildman–Crippen MR) is 133 cm³/mol. The fraction of sp³-hybridized carbons (Fsp3) is 0.269. The number of piperidine rings is 1. The van der Waals surface area contributed by atoms with Gasteiger partial charge in [0.15, 0.2) is 0 Å². The Bertz CT molecular complexity index is 1130. The Morgan fingerprint density at radius 3 is 2.62 bits per heavy atom. The lowest BCUT2D eigenvalue weighted by atomic mass is 9.88. The molecule has 1 aliphatic rings. The van der Waals surface area contributed by atoms with E-state index in [1.165, 1.54) is 7.11 Å². The zero-order chi connectivity index (χ0) is 23.9. The lowest BCUT2D eigenvalue weighted by Crippen LogP contribution is -2.43. The zero-order valence-electron chi connectivity index (χ0n) is 19.2. The molecule has 0 unspecified atom stereocenters. The average Bonchev–Trinajstić information content (AvgIpc) is 2.87. The van der Waals surface area contributed by atoms with E-state index in [-0.39, 0.29) is 18.4 Å². The van der Waals surface area contributed by atoms with Gasteiger partial charge in [-0.15, -0.1) is 0 Å². The Morgan fingerprint density at radius 2 is 1.88 bits per heavy atom. The van der Waals surface area contributed by atoms with Crippen LogP contribution < -0.4 is 15.8 Å². The molecule has 8 heteroatoms. The van der Waals surface area contributed by atoms with Gasteiger partial charge in [0.1, 0.15) is 23.9 Å². The number of anilines is 3. The van der Waals surface area contributed by atoms with Gasteiger partial charge in [-0.3, -0.25) is 4.79 Å². The molecule has 0 saturated carbocycles. The smallest absolute Gasteiger partial charge is 0.248 e. The molecule has 2 aromatic carbocycles. The second-order valence-electron chi connectivity index (χ2n) is 8.21. The molecule has 8 nitrogen and oxygen atoms in total. The lowest BCUT2D eigenvalue weighted by molar-refractivity contribution is -0.136. The number of methoxy groups -OCH3 is 1. The first-order valence-corrected chi connectivity index (χ1v) is 11.2. The number of nitrogens with one attached hydrogen (secondary N) is 2. The molecule has 2 heterocycles. The van der Waals surface area contributed by atoms with Gasteiger partial charge in [0.25, 0.3) is 0 Å². The van der Waals surface area contributed by atoms with Crippen molar-refractivity contribution in [1.29, 1.82) is 5.41 Å². The molecule has 0 bridgehead atoms. The first-order chi connectivity index (χ1) is 16.5. The van der Waals surface area contributed by atoms with Crippen LogP contribution in [0.1, 0.15) is 18.4 Å². The summed E-state index contributed by atoms with van der Waals surface area (Å²) in [4.78, 5) is 18.3. The molecule has 3 aromatic rings.